The van der Waals surface area contributed by atoms with Gasteiger partial charge in [-0.15, -0.1) is 0 Å². The Bertz CT molecular complexity index is 274. The molecular weight excluding hydrogens is 205 g/mol. The van der Waals surface area contributed by atoms with Crippen LogP contribution in [-0.2, 0) is 6.42 Å². The molecule has 1 nitrogen and oxygen atoms in total. The topological polar surface area (TPSA) is 26.0 Å². The molecule has 0 spiro atoms. The number of aryl methyl sites for hydroxylation is 1. The van der Waals surface area contributed by atoms with Gasteiger partial charge in [0.2, 0.25) is 0 Å². The summed E-state index contributed by atoms with van der Waals surface area (Å²) >= 11 is 11.8. The van der Waals surface area contributed by atoms with Crippen molar-refractivity contribution in [3.8, 4) is 0 Å². The molecule has 0 aliphatic rings. The zero-order chi connectivity index (χ0) is 9.84. The van der Waals surface area contributed by atoms with Crippen LogP contribution in [0.15, 0.2) is 12.1 Å². The van der Waals surface area contributed by atoms with E-state index in [0.717, 1.165) is 18.4 Å². The van der Waals surface area contributed by atoms with Crippen LogP contribution in [0.25, 0.3) is 0 Å². The molecule has 1 aromatic rings. The van der Waals surface area contributed by atoms with Gasteiger partial charge in [0.25, 0.3) is 0 Å². The fraction of sp³-hybridized carbons (Fsp3) is 0.400. The highest BCUT2D eigenvalue weighted by Gasteiger charge is 2.03. The van der Waals surface area contributed by atoms with Gasteiger partial charge in [0.05, 0.1) is 15.7 Å². The number of nitrogen functional groups attached to an aromatic ring is 1. The summed E-state index contributed by atoms with van der Waals surface area (Å²) in [6.45, 7) is 2.15. The lowest BCUT2D eigenvalue weighted by molar-refractivity contribution is 0.795. The molecule has 0 saturated heterocycles. The van der Waals surface area contributed by atoms with Crippen LogP contribution in [0, 0.1) is 0 Å². The van der Waals surface area contributed by atoms with E-state index in [1.807, 2.05) is 12.1 Å². The van der Waals surface area contributed by atoms with Gasteiger partial charge in [0.1, 0.15) is 0 Å². The van der Waals surface area contributed by atoms with E-state index in [2.05, 4.69) is 6.92 Å². The first-order valence-electron chi connectivity index (χ1n) is 4.38. The average molecular weight is 218 g/mol. The van der Waals surface area contributed by atoms with Crippen LogP contribution in [0.2, 0.25) is 10.0 Å². The van der Waals surface area contributed by atoms with Crippen molar-refractivity contribution in [3.63, 3.8) is 0 Å². The van der Waals surface area contributed by atoms with Gasteiger partial charge in [-0.25, -0.2) is 0 Å². The van der Waals surface area contributed by atoms with E-state index in [9.17, 15) is 0 Å². The first-order valence-corrected chi connectivity index (χ1v) is 5.14. The van der Waals surface area contributed by atoms with E-state index in [1.165, 1.54) is 6.42 Å². The molecule has 72 valence electrons. The molecule has 1 aromatic carbocycles. The van der Waals surface area contributed by atoms with Crippen molar-refractivity contribution in [3.05, 3.63) is 27.7 Å². The Morgan fingerprint density at radius 2 is 1.77 bits per heavy atom. The van der Waals surface area contributed by atoms with Gasteiger partial charge in [-0.05, 0) is 30.5 Å². The molecule has 13 heavy (non-hydrogen) atoms. The second-order valence-electron chi connectivity index (χ2n) is 3.08. The molecule has 0 atom stereocenters. The summed E-state index contributed by atoms with van der Waals surface area (Å²) in [6, 6.07) is 3.77. The van der Waals surface area contributed by atoms with Crippen molar-refractivity contribution in [1.82, 2.24) is 0 Å². The number of unbranched alkanes of at least 4 members (excludes halogenated alkanes) is 1. The van der Waals surface area contributed by atoms with Gasteiger partial charge < -0.3 is 5.73 Å². The monoisotopic (exact) mass is 217 g/mol. The third kappa shape index (κ3) is 2.78. The number of nitrogens with two attached hydrogens (primary N) is 1. The predicted octanol–water partition coefficient (Wildman–Crippen LogP) is 3.92. The van der Waals surface area contributed by atoms with Crippen LogP contribution in [0.4, 0.5) is 5.69 Å². The average Bonchev–Trinajstić information content (AvgIpc) is 2.10. The van der Waals surface area contributed by atoms with E-state index in [4.69, 9.17) is 28.9 Å². The fourth-order valence-electron chi connectivity index (χ4n) is 1.16. The number of anilines is 1. The minimum atomic E-state index is 0.476. The molecule has 0 aliphatic carbocycles. The maximum atomic E-state index is 5.89. The summed E-state index contributed by atoms with van der Waals surface area (Å²) in [7, 11) is 0. The number of hydrogen-bond acceptors (Lipinski definition) is 1. The van der Waals surface area contributed by atoms with E-state index >= 15 is 0 Å². The quantitative estimate of drug-likeness (QED) is 0.764. The van der Waals surface area contributed by atoms with E-state index < -0.39 is 0 Å². The van der Waals surface area contributed by atoms with E-state index in [1.54, 1.807) is 0 Å². The van der Waals surface area contributed by atoms with Crippen LogP contribution < -0.4 is 5.73 Å². The van der Waals surface area contributed by atoms with Gasteiger partial charge in [-0.2, -0.15) is 0 Å². The Labute approximate surface area is 88.8 Å². The van der Waals surface area contributed by atoms with Gasteiger partial charge in [0, 0.05) is 0 Å². The van der Waals surface area contributed by atoms with Crippen molar-refractivity contribution in [1.29, 1.82) is 0 Å². The molecule has 0 aromatic heterocycles. The third-order valence-electron chi connectivity index (χ3n) is 1.96. The van der Waals surface area contributed by atoms with Crippen molar-refractivity contribution >= 4 is 28.9 Å². The standard InChI is InChI=1S/C10H13Cl2N/c1-2-3-4-7-5-8(11)10(13)9(12)6-7/h5-6H,2-4,13H2,1H3. The Kier molecular flexibility index (Phi) is 3.89. The zero-order valence-corrected chi connectivity index (χ0v) is 9.12. The predicted molar refractivity (Wildman–Crippen MR) is 59.5 cm³/mol. The SMILES string of the molecule is CCCCc1cc(Cl)c(N)c(Cl)c1. The maximum Gasteiger partial charge on any atom is 0.0693 e. The summed E-state index contributed by atoms with van der Waals surface area (Å²) < 4.78 is 0. The van der Waals surface area contributed by atoms with Crippen molar-refractivity contribution in [2.45, 2.75) is 26.2 Å². The Hall–Kier alpha value is -0.400. The highest BCUT2D eigenvalue weighted by atomic mass is 35.5. The van der Waals surface area contributed by atoms with Gasteiger partial charge >= 0.3 is 0 Å². The number of benzene rings is 1. The van der Waals surface area contributed by atoms with E-state index in [-0.39, 0.29) is 0 Å². The van der Waals surface area contributed by atoms with Crippen LogP contribution in [-0.4, -0.2) is 0 Å². The molecule has 0 saturated carbocycles. The van der Waals surface area contributed by atoms with Crippen molar-refractivity contribution in [2.24, 2.45) is 0 Å². The molecule has 0 aliphatic heterocycles. The summed E-state index contributed by atoms with van der Waals surface area (Å²) in [5, 5.41) is 1.11. The second-order valence-corrected chi connectivity index (χ2v) is 3.89. The van der Waals surface area contributed by atoms with Crippen LogP contribution in [0.3, 0.4) is 0 Å². The third-order valence-corrected chi connectivity index (χ3v) is 2.58. The van der Waals surface area contributed by atoms with Gasteiger partial charge in [0.15, 0.2) is 0 Å². The second kappa shape index (κ2) is 4.73. The van der Waals surface area contributed by atoms with Crippen LogP contribution in [0.5, 0.6) is 0 Å². The fourth-order valence-corrected chi connectivity index (χ4v) is 1.69. The highest BCUT2D eigenvalue weighted by Crippen LogP contribution is 2.29. The lowest BCUT2D eigenvalue weighted by atomic mass is 10.1. The minimum Gasteiger partial charge on any atom is -0.396 e. The molecule has 0 radical (unpaired) electrons. The van der Waals surface area contributed by atoms with E-state index in [0.29, 0.717) is 15.7 Å². The molecule has 0 fully saturated rings. The van der Waals surface area contributed by atoms with Gasteiger partial charge in [-0.1, -0.05) is 36.5 Å². The molecular formula is C10H13Cl2N. The zero-order valence-electron chi connectivity index (χ0n) is 7.61. The summed E-state index contributed by atoms with van der Waals surface area (Å²) in [5.74, 6) is 0. The van der Waals surface area contributed by atoms with Gasteiger partial charge in [-0.3, -0.25) is 0 Å². The number of hydrogen-bond donors (Lipinski definition) is 1. The summed E-state index contributed by atoms with van der Waals surface area (Å²) in [6.07, 6.45) is 3.33. The normalized spacial score (nSPS) is 10.4. The molecule has 3 heteroatoms. The smallest absolute Gasteiger partial charge is 0.0693 e. The number of rotatable bonds is 3. The van der Waals surface area contributed by atoms with Crippen LogP contribution >= 0.6 is 23.2 Å². The largest absolute Gasteiger partial charge is 0.396 e. The lowest BCUT2D eigenvalue weighted by Gasteiger charge is -2.05. The first-order chi connectivity index (χ1) is 6.15. The molecule has 0 amide bonds. The van der Waals surface area contributed by atoms with Crippen molar-refractivity contribution in [2.75, 3.05) is 5.73 Å². The Morgan fingerprint density at radius 3 is 2.23 bits per heavy atom. The maximum absolute atomic E-state index is 5.89. The minimum absolute atomic E-state index is 0.476. The summed E-state index contributed by atoms with van der Waals surface area (Å²) in [5.41, 5.74) is 7.25. The molecule has 0 unspecified atom stereocenters. The molecule has 2 N–H and O–H groups in total. The molecule has 1 rings (SSSR count). The molecule has 0 heterocycles. The van der Waals surface area contributed by atoms with Crippen molar-refractivity contribution < 1.29 is 0 Å². The Morgan fingerprint density at radius 1 is 1.23 bits per heavy atom. The summed E-state index contributed by atoms with van der Waals surface area (Å²) in [4.78, 5) is 0. The highest BCUT2D eigenvalue weighted by molar-refractivity contribution is 6.38. The molecule has 0 bridgehead atoms. The number of halogens is 2. The first kappa shape index (κ1) is 10.7. The Balaban J connectivity index is 2.86. The lowest BCUT2D eigenvalue weighted by Crippen LogP contribution is -1.91. The van der Waals surface area contributed by atoms with Crippen LogP contribution in [0.1, 0.15) is 25.3 Å².